The fourth-order valence-corrected chi connectivity index (χ4v) is 0.780. The van der Waals surface area contributed by atoms with Crippen molar-refractivity contribution < 1.29 is 9.84 Å². The van der Waals surface area contributed by atoms with Gasteiger partial charge in [0, 0.05) is 6.61 Å². The molecule has 0 saturated carbocycles. The summed E-state index contributed by atoms with van der Waals surface area (Å²) in [6, 6.07) is 0. The van der Waals surface area contributed by atoms with Crippen LogP contribution in [-0.2, 0) is 4.74 Å². The smallest absolute Gasteiger partial charge is 0.0773 e. The molecule has 0 saturated heterocycles. The number of rotatable bonds is 6. The van der Waals surface area contributed by atoms with E-state index in [-0.39, 0.29) is 6.10 Å². The summed E-state index contributed by atoms with van der Waals surface area (Å²) in [7, 11) is 0. The molecule has 0 aliphatic carbocycles. The largest absolute Gasteiger partial charge is 0.391 e. The van der Waals surface area contributed by atoms with Crippen molar-refractivity contribution in [3.8, 4) is 0 Å². The molecule has 0 amide bonds. The minimum atomic E-state index is -0.253. The van der Waals surface area contributed by atoms with E-state index in [4.69, 9.17) is 9.84 Å². The first-order valence-electron chi connectivity index (χ1n) is 4.07. The maximum Gasteiger partial charge on any atom is 0.0773 e. The first kappa shape index (κ1) is 9.92. The molecule has 0 aliphatic rings. The van der Waals surface area contributed by atoms with E-state index >= 15 is 0 Å². The van der Waals surface area contributed by atoms with Crippen LogP contribution in [0.3, 0.4) is 0 Å². The van der Waals surface area contributed by atoms with Gasteiger partial charge in [0.05, 0.1) is 12.7 Å². The summed E-state index contributed by atoms with van der Waals surface area (Å²) < 4.78 is 5.15. The number of hydrogen-bond donors (Lipinski definition) is 1. The van der Waals surface area contributed by atoms with E-state index in [9.17, 15) is 0 Å². The lowest BCUT2D eigenvalue weighted by molar-refractivity contribution is 0.0325. The van der Waals surface area contributed by atoms with Crippen LogP contribution in [-0.4, -0.2) is 24.4 Å². The molecular formula is C8H18O2. The van der Waals surface area contributed by atoms with Gasteiger partial charge < -0.3 is 9.84 Å². The second-order valence-electron chi connectivity index (χ2n) is 2.52. The molecule has 0 heterocycles. The van der Waals surface area contributed by atoms with Crippen LogP contribution in [0.2, 0.25) is 0 Å². The number of aliphatic hydroxyl groups excluding tert-OH is 1. The summed E-state index contributed by atoms with van der Waals surface area (Å²) in [6.07, 6.45) is 2.65. The summed E-state index contributed by atoms with van der Waals surface area (Å²) in [5.41, 5.74) is 0. The molecule has 1 atom stereocenters. The van der Waals surface area contributed by atoms with Crippen molar-refractivity contribution in [2.75, 3.05) is 13.2 Å². The average Bonchev–Trinajstić information content (AvgIpc) is 1.89. The van der Waals surface area contributed by atoms with Crippen LogP contribution in [0.25, 0.3) is 0 Å². The Morgan fingerprint density at radius 1 is 1.30 bits per heavy atom. The molecule has 1 N–H and O–H groups in total. The third-order valence-electron chi connectivity index (χ3n) is 1.28. The SMILES string of the molecule is CCCOC[C@H](O)CCC. The molecule has 0 spiro atoms. The van der Waals surface area contributed by atoms with Gasteiger partial charge >= 0.3 is 0 Å². The Kier molecular flexibility index (Phi) is 6.98. The van der Waals surface area contributed by atoms with E-state index in [2.05, 4.69) is 13.8 Å². The first-order chi connectivity index (χ1) is 4.81. The van der Waals surface area contributed by atoms with Gasteiger partial charge in [0.1, 0.15) is 0 Å². The van der Waals surface area contributed by atoms with Crippen LogP contribution in [0.1, 0.15) is 33.1 Å². The maximum absolute atomic E-state index is 9.15. The van der Waals surface area contributed by atoms with Gasteiger partial charge in [-0.2, -0.15) is 0 Å². The summed E-state index contributed by atoms with van der Waals surface area (Å²) in [5.74, 6) is 0. The topological polar surface area (TPSA) is 29.5 Å². The summed E-state index contributed by atoms with van der Waals surface area (Å²) >= 11 is 0. The van der Waals surface area contributed by atoms with Gasteiger partial charge in [0.2, 0.25) is 0 Å². The highest BCUT2D eigenvalue weighted by atomic mass is 16.5. The number of hydrogen-bond acceptors (Lipinski definition) is 2. The molecular weight excluding hydrogens is 128 g/mol. The molecule has 0 unspecified atom stereocenters. The monoisotopic (exact) mass is 146 g/mol. The van der Waals surface area contributed by atoms with Crippen LogP contribution in [0.15, 0.2) is 0 Å². The summed E-state index contributed by atoms with van der Waals surface area (Å²) in [6.45, 7) is 5.39. The molecule has 0 rings (SSSR count). The Balaban J connectivity index is 2.97. The molecule has 0 fully saturated rings. The standard InChI is InChI=1S/C8H18O2/c1-3-5-8(9)7-10-6-4-2/h8-9H,3-7H2,1-2H3/t8-/m1/s1. The Morgan fingerprint density at radius 3 is 2.50 bits per heavy atom. The summed E-state index contributed by atoms with van der Waals surface area (Å²) in [4.78, 5) is 0. The lowest BCUT2D eigenvalue weighted by atomic mass is 10.2. The molecule has 2 heteroatoms. The molecule has 0 aromatic heterocycles. The van der Waals surface area contributed by atoms with Gasteiger partial charge in [-0.3, -0.25) is 0 Å². The summed E-state index contributed by atoms with van der Waals surface area (Å²) in [5, 5.41) is 9.15. The highest BCUT2D eigenvalue weighted by Gasteiger charge is 2.00. The Morgan fingerprint density at radius 2 is 2.00 bits per heavy atom. The molecule has 0 aromatic carbocycles. The lowest BCUT2D eigenvalue weighted by Crippen LogP contribution is -2.14. The van der Waals surface area contributed by atoms with Gasteiger partial charge in [-0.15, -0.1) is 0 Å². The number of ether oxygens (including phenoxy) is 1. The fourth-order valence-electron chi connectivity index (χ4n) is 0.780. The normalized spacial score (nSPS) is 13.5. The van der Waals surface area contributed by atoms with E-state index in [0.717, 1.165) is 25.9 Å². The van der Waals surface area contributed by atoms with Gasteiger partial charge in [-0.25, -0.2) is 0 Å². The van der Waals surface area contributed by atoms with E-state index in [1.165, 1.54) is 0 Å². The van der Waals surface area contributed by atoms with E-state index < -0.39 is 0 Å². The van der Waals surface area contributed by atoms with Crippen molar-refractivity contribution in [1.82, 2.24) is 0 Å². The van der Waals surface area contributed by atoms with E-state index in [1.807, 2.05) is 0 Å². The predicted molar refractivity (Wildman–Crippen MR) is 42.0 cm³/mol. The minimum Gasteiger partial charge on any atom is -0.391 e. The molecule has 0 aromatic rings. The number of aliphatic hydroxyl groups is 1. The quantitative estimate of drug-likeness (QED) is 0.576. The average molecular weight is 146 g/mol. The van der Waals surface area contributed by atoms with Crippen LogP contribution >= 0.6 is 0 Å². The van der Waals surface area contributed by atoms with Crippen LogP contribution in [0.5, 0.6) is 0 Å². The minimum absolute atomic E-state index is 0.253. The molecule has 62 valence electrons. The van der Waals surface area contributed by atoms with Crippen LogP contribution in [0.4, 0.5) is 0 Å². The highest BCUT2D eigenvalue weighted by Crippen LogP contribution is 1.96. The van der Waals surface area contributed by atoms with Crippen LogP contribution in [0, 0.1) is 0 Å². The van der Waals surface area contributed by atoms with Crippen molar-refractivity contribution in [2.24, 2.45) is 0 Å². The molecule has 0 radical (unpaired) electrons. The van der Waals surface area contributed by atoms with Crippen molar-refractivity contribution in [3.63, 3.8) is 0 Å². The zero-order valence-electron chi connectivity index (χ0n) is 6.97. The Labute approximate surface area is 63.2 Å². The Bertz CT molecular complexity index is 64.3. The van der Waals surface area contributed by atoms with Crippen molar-refractivity contribution in [2.45, 2.75) is 39.2 Å². The zero-order chi connectivity index (χ0) is 7.82. The molecule has 0 aliphatic heterocycles. The predicted octanol–water partition coefficient (Wildman–Crippen LogP) is 1.57. The highest BCUT2D eigenvalue weighted by molar-refractivity contribution is 4.50. The third-order valence-corrected chi connectivity index (χ3v) is 1.28. The van der Waals surface area contributed by atoms with Crippen molar-refractivity contribution >= 4 is 0 Å². The lowest BCUT2D eigenvalue weighted by Gasteiger charge is -2.08. The second-order valence-corrected chi connectivity index (χ2v) is 2.52. The molecule has 0 bridgehead atoms. The Hall–Kier alpha value is -0.0800. The van der Waals surface area contributed by atoms with Gasteiger partial charge in [-0.05, 0) is 12.8 Å². The fraction of sp³-hybridized carbons (Fsp3) is 1.00. The molecule has 2 nitrogen and oxygen atoms in total. The zero-order valence-corrected chi connectivity index (χ0v) is 6.97. The first-order valence-corrected chi connectivity index (χ1v) is 4.07. The maximum atomic E-state index is 9.15. The van der Waals surface area contributed by atoms with Gasteiger partial charge in [0.15, 0.2) is 0 Å². The van der Waals surface area contributed by atoms with Crippen molar-refractivity contribution in [3.05, 3.63) is 0 Å². The van der Waals surface area contributed by atoms with Gasteiger partial charge in [-0.1, -0.05) is 20.3 Å². The van der Waals surface area contributed by atoms with E-state index in [1.54, 1.807) is 0 Å². The van der Waals surface area contributed by atoms with Gasteiger partial charge in [0.25, 0.3) is 0 Å². The second kappa shape index (κ2) is 7.03. The third kappa shape index (κ3) is 6.05. The molecule has 10 heavy (non-hydrogen) atoms. The van der Waals surface area contributed by atoms with E-state index in [0.29, 0.717) is 6.61 Å². The van der Waals surface area contributed by atoms with Crippen LogP contribution < -0.4 is 0 Å². The van der Waals surface area contributed by atoms with Crippen molar-refractivity contribution in [1.29, 1.82) is 0 Å².